The van der Waals surface area contributed by atoms with Gasteiger partial charge in [0.25, 0.3) is 5.56 Å². The maximum absolute atomic E-state index is 11.5. The van der Waals surface area contributed by atoms with Gasteiger partial charge in [-0.1, -0.05) is 23.7 Å². The van der Waals surface area contributed by atoms with Crippen LogP contribution in [0.3, 0.4) is 0 Å². The number of nitrogen functional groups attached to an aromatic ring is 1. The molecule has 1 aromatic heterocycles. The number of aromatic amines is 1. The first-order valence-electron chi connectivity index (χ1n) is 4.27. The van der Waals surface area contributed by atoms with Gasteiger partial charge in [-0.25, -0.2) is 4.98 Å². The van der Waals surface area contributed by atoms with Gasteiger partial charge in [-0.3, -0.25) is 9.78 Å². The minimum atomic E-state index is -0.259. The monoisotopic (exact) mass is 221 g/mol. The molecule has 0 radical (unpaired) electrons. The van der Waals surface area contributed by atoms with Gasteiger partial charge in [0, 0.05) is 11.2 Å². The van der Waals surface area contributed by atoms with Crippen molar-refractivity contribution in [2.45, 2.75) is 0 Å². The predicted octanol–water partition coefficient (Wildman–Crippen LogP) is 1.67. The van der Waals surface area contributed by atoms with Gasteiger partial charge in [-0.05, 0) is 17.7 Å². The molecule has 0 atom stereocenters. The fraction of sp³-hybridized carbons (Fsp3) is 0. The fourth-order valence-electron chi connectivity index (χ4n) is 1.24. The zero-order chi connectivity index (χ0) is 10.8. The third kappa shape index (κ3) is 1.99. The highest BCUT2D eigenvalue weighted by Crippen LogP contribution is 2.17. The fourth-order valence-corrected chi connectivity index (χ4v) is 1.37. The molecular formula is C10H8ClN3O. The third-order valence-electron chi connectivity index (χ3n) is 1.97. The summed E-state index contributed by atoms with van der Waals surface area (Å²) in [6.07, 6.45) is 1.44. The molecule has 0 fully saturated rings. The summed E-state index contributed by atoms with van der Waals surface area (Å²) in [5, 5.41) is 0.624. The van der Waals surface area contributed by atoms with Crippen LogP contribution in [0.25, 0.3) is 11.1 Å². The molecule has 3 N–H and O–H groups in total. The highest BCUT2D eigenvalue weighted by atomic mass is 35.5. The molecular weight excluding hydrogens is 214 g/mol. The van der Waals surface area contributed by atoms with E-state index in [1.807, 2.05) is 0 Å². The van der Waals surface area contributed by atoms with E-state index in [1.165, 1.54) is 6.20 Å². The first-order valence-corrected chi connectivity index (χ1v) is 4.65. The Kier molecular flexibility index (Phi) is 2.43. The van der Waals surface area contributed by atoms with Crippen LogP contribution < -0.4 is 11.3 Å². The highest BCUT2D eigenvalue weighted by Gasteiger charge is 2.03. The Hall–Kier alpha value is -1.81. The van der Waals surface area contributed by atoms with Crippen LogP contribution in [0.4, 0.5) is 5.95 Å². The second-order valence-corrected chi connectivity index (χ2v) is 3.45. The maximum atomic E-state index is 11.5. The van der Waals surface area contributed by atoms with Crippen LogP contribution in [0.1, 0.15) is 0 Å². The lowest BCUT2D eigenvalue weighted by Crippen LogP contribution is -2.12. The normalized spacial score (nSPS) is 10.2. The average molecular weight is 222 g/mol. The van der Waals surface area contributed by atoms with Gasteiger partial charge in [0.2, 0.25) is 0 Å². The summed E-state index contributed by atoms with van der Waals surface area (Å²) in [6, 6.07) is 6.94. The van der Waals surface area contributed by atoms with Crippen molar-refractivity contribution in [1.29, 1.82) is 0 Å². The molecule has 76 valence electrons. The first kappa shape index (κ1) is 9.73. The number of nitrogens with two attached hydrogens (primary N) is 1. The Morgan fingerprint density at radius 2 is 1.93 bits per heavy atom. The van der Waals surface area contributed by atoms with Gasteiger partial charge >= 0.3 is 0 Å². The highest BCUT2D eigenvalue weighted by molar-refractivity contribution is 6.30. The molecule has 2 aromatic rings. The zero-order valence-electron chi connectivity index (χ0n) is 7.70. The van der Waals surface area contributed by atoms with Gasteiger partial charge in [0.05, 0.1) is 5.56 Å². The summed E-state index contributed by atoms with van der Waals surface area (Å²) < 4.78 is 0. The third-order valence-corrected chi connectivity index (χ3v) is 2.23. The molecule has 0 aliphatic rings. The van der Waals surface area contributed by atoms with Crippen molar-refractivity contribution in [2.24, 2.45) is 0 Å². The Bertz CT molecular complexity index is 533. The van der Waals surface area contributed by atoms with E-state index in [0.717, 1.165) is 5.56 Å². The SMILES string of the molecule is Nc1ncc(-c2ccc(Cl)cc2)c(=O)[nH]1. The lowest BCUT2D eigenvalue weighted by molar-refractivity contribution is 1.14. The number of hydrogen-bond acceptors (Lipinski definition) is 3. The quantitative estimate of drug-likeness (QED) is 0.770. The molecule has 4 nitrogen and oxygen atoms in total. The molecule has 0 spiro atoms. The van der Waals surface area contributed by atoms with Crippen LogP contribution in [-0.4, -0.2) is 9.97 Å². The summed E-state index contributed by atoms with van der Waals surface area (Å²) in [7, 11) is 0. The van der Waals surface area contributed by atoms with Gasteiger partial charge in [0.15, 0.2) is 5.95 Å². The smallest absolute Gasteiger partial charge is 0.260 e. The summed E-state index contributed by atoms with van der Waals surface area (Å²) in [5.41, 5.74) is 6.31. The molecule has 15 heavy (non-hydrogen) atoms. The van der Waals surface area contributed by atoms with Crippen molar-refractivity contribution in [3.8, 4) is 11.1 Å². The zero-order valence-corrected chi connectivity index (χ0v) is 8.45. The number of benzene rings is 1. The van der Waals surface area contributed by atoms with Gasteiger partial charge in [0.1, 0.15) is 0 Å². The van der Waals surface area contributed by atoms with Crippen LogP contribution in [0.2, 0.25) is 5.02 Å². The lowest BCUT2D eigenvalue weighted by Gasteiger charge is -2.00. The van der Waals surface area contributed by atoms with Crippen molar-refractivity contribution in [2.75, 3.05) is 5.73 Å². The van der Waals surface area contributed by atoms with Crippen molar-refractivity contribution in [1.82, 2.24) is 9.97 Å². The maximum Gasteiger partial charge on any atom is 0.260 e. The number of hydrogen-bond donors (Lipinski definition) is 2. The van der Waals surface area contributed by atoms with Gasteiger partial charge < -0.3 is 5.73 Å². The summed E-state index contributed by atoms with van der Waals surface area (Å²) in [4.78, 5) is 17.8. The molecule has 0 saturated heterocycles. The van der Waals surface area contributed by atoms with Crippen molar-refractivity contribution < 1.29 is 0 Å². The average Bonchev–Trinajstić information content (AvgIpc) is 2.20. The molecule has 0 aliphatic carbocycles. The van der Waals surface area contributed by atoms with Crippen molar-refractivity contribution in [3.63, 3.8) is 0 Å². The second kappa shape index (κ2) is 3.74. The lowest BCUT2D eigenvalue weighted by atomic mass is 10.1. The van der Waals surface area contributed by atoms with Crippen LogP contribution in [0, 0.1) is 0 Å². The molecule has 1 aromatic carbocycles. The minimum Gasteiger partial charge on any atom is -0.369 e. The Labute approximate surface area is 90.7 Å². The van der Waals surface area contributed by atoms with E-state index in [2.05, 4.69) is 9.97 Å². The molecule has 0 saturated carbocycles. The number of nitrogens with zero attached hydrogens (tertiary/aromatic N) is 1. The van der Waals surface area contributed by atoms with Crippen LogP contribution in [0.15, 0.2) is 35.3 Å². The molecule has 1 heterocycles. The Morgan fingerprint density at radius 1 is 1.27 bits per heavy atom. The number of nitrogens with one attached hydrogen (secondary N) is 1. The largest absolute Gasteiger partial charge is 0.369 e. The van der Waals surface area contributed by atoms with E-state index >= 15 is 0 Å². The van der Waals surface area contributed by atoms with Crippen LogP contribution in [-0.2, 0) is 0 Å². The molecule has 0 bridgehead atoms. The van der Waals surface area contributed by atoms with Crippen LogP contribution >= 0.6 is 11.6 Å². The molecule has 0 unspecified atom stereocenters. The molecule has 0 aliphatic heterocycles. The summed E-state index contributed by atoms with van der Waals surface area (Å²) in [5.74, 6) is 0.109. The Balaban J connectivity index is 2.55. The van der Waals surface area contributed by atoms with Crippen molar-refractivity contribution >= 4 is 17.5 Å². The Morgan fingerprint density at radius 3 is 2.53 bits per heavy atom. The number of anilines is 1. The standard InChI is InChI=1S/C10H8ClN3O/c11-7-3-1-6(2-4-7)8-5-13-10(12)14-9(8)15/h1-5H,(H3,12,13,14,15). The van der Waals surface area contributed by atoms with E-state index in [9.17, 15) is 4.79 Å². The number of halogens is 1. The van der Waals surface area contributed by atoms with E-state index in [1.54, 1.807) is 24.3 Å². The van der Waals surface area contributed by atoms with Crippen molar-refractivity contribution in [3.05, 3.63) is 45.8 Å². The van der Waals surface area contributed by atoms with E-state index in [4.69, 9.17) is 17.3 Å². The van der Waals surface area contributed by atoms with E-state index in [-0.39, 0.29) is 11.5 Å². The van der Waals surface area contributed by atoms with Gasteiger partial charge in [-0.2, -0.15) is 0 Å². The second-order valence-electron chi connectivity index (χ2n) is 3.02. The molecule has 0 amide bonds. The minimum absolute atomic E-state index is 0.109. The van der Waals surface area contributed by atoms with Crippen LogP contribution in [0.5, 0.6) is 0 Å². The van der Waals surface area contributed by atoms with E-state index in [0.29, 0.717) is 10.6 Å². The molecule has 5 heteroatoms. The molecule has 2 rings (SSSR count). The number of rotatable bonds is 1. The summed E-state index contributed by atoms with van der Waals surface area (Å²) >= 11 is 5.74. The summed E-state index contributed by atoms with van der Waals surface area (Å²) in [6.45, 7) is 0. The number of aromatic nitrogens is 2. The predicted molar refractivity (Wildman–Crippen MR) is 59.7 cm³/mol. The first-order chi connectivity index (χ1) is 7.16. The topological polar surface area (TPSA) is 71.8 Å². The number of H-pyrrole nitrogens is 1. The van der Waals surface area contributed by atoms with Gasteiger partial charge in [-0.15, -0.1) is 0 Å². The van der Waals surface area contributed by atoms with E-state index < -0.39 is 0 Å².